The number of ether oxygens (including phenoxy) is 1. The van der Waals surface area contributed by atoms with Crippen LogP contribution in [0.3, 0.4) is 0 Å². The number of aromatic nitrogens is 5. The average Bonchev–Trinajstić information content (AvgIpc) is 3.65. The number of methoxy groups -OCH3 is 1. The highest BCUT2D eigenvalue weighted by atomic mass is 32.2. The Labute approximate surface area is 319 Å². The van der Waals surface area contributed by atoms with E-state index in [1.807, 2.05) is 0 Å². The van der Waals surface area contributed by atoms with Gasteiger partial charge in [0.25, 0.3) is 12.3 Å². The van der Waals surface area contributed by atoms with E-state index >= 15 is 8.78 Å². The topological polar surface area (TPSA) is 142 Å². The van der Waals surface area contributed by atoms with Crippen molar-refractivity contribution in [2.45, 2.75) is 63.1 Å². The Hall–Kier alpha value is -5.25. The molecular weight excluding hydrogens is 765 g/mol. The molecule has 0 bridgehead atoms. The zero-order valence-electron chi connectivity index (χ0n) is 30.6. The Morgan fingerprint density at radius 1 is 1.12 bits per heavy atom. The summed E-state index contributed by atoms with van der Waals surface area (Å²) in [5.41, 5.74) is -1.62. The van der Waals surface area contributed by atoms with Crippen LogP contribution in [0.5, 0.6) is 5.75 Å². The van der Waals surface area contributed by atoms with E-state index in [1.165, 1.54) is 31.9 Å². The van der Waals surface area contributed by atoms with Crippen LogP contribution >= 0.6 is 0 Å². The maximum atomic E-state index is 15.4. The second kappa shape index (κ2) is 14.4. The molecule has 1 amide bonds. The Morgan fingerprint density at radius 2 is 1.82 bits per heavy atom. The minimum absolute atomic E-state index is 0.0359. The highest BCUT2D eigenvalue weighted by molar-refractivity contribution is 7.92. The Kier molecular flexibility index (Phi) is 10.00. The number of pyridine rings is 1. The Balaban J connectivity index is 1.39. The van der Waals surface area contributed by atoms with Gasteiger partial charge in [0.1, 0.15) is 52.9 Å². The summed E-state index contributed by atoms with van der Waals surface area (Å²) < 4.78 is 111. The number of amides is 1. The number of benzene rings is 2. The smallest absolute Gasteiger partial charge is 0.293 e. The third-order valence-corrected chi connectivity index (χ3v) is 10.1. The third-order valence-electron chi connectivity index (χ3n) is 9.61. The van der Waals surface area contributed by atoms with Crippen LogP contribution in [-0.4, -0.2) is 59.1 Å². The number of aliphatic hydroxyl groups is 1. The number of nitrogens with one attached hydrogen (secondary N) is 2. The summed E-state index contributed by atoms with van der Waals surface area (Å²) in [6.45, 7) is 2.03. The first-order valence-corrected chi connectivity index (χ1v) is 18.8. The zero-order valence-corrected chi connectivity index (χ0v) is 31.4. The molecule has 3 heterocycles. The van der Waals surface area contributed by atoms with Crippen molar-refractivity contribution in [2.24, 2.45) is 13.0 Å². The fraction of sp³-hybridized carbons (Fsp3) is 0.368. The number of alkyl halides is 4. The summed E-state index contributed by atoms with van der Waals surface area (Å²) in [5, 5.41) is 21.8. The molecule has 7 rings (SSSR count). The second-order valence-corrected chi connectivity index (χ2v) is 15.4. The predicted molar refractivity (Wildman–Crippen MR) is 194 cm³/mol. The first-order chi connectivity index (χ1) is 26.4. The molecule has 1 saturated carbocycles. The SMILES string of the molecule is COc1ccc(-c2ccc(C#CC(C)(C)O)nc2[C@H](Cc2cc(F)cc(F)c2)NC(=O)Cn2nc(C(F)F)c3c2C(F)(F)[C@@H]2C[C@H]32)c2c1c(N[S+](C)[O-])nn2C. The first-order valence-electron chi connectivity index (χ1n) is 17.3. The van der Waals surface area contributed by atoms with Crippen LogP contribution in [0.4, 0.5) is 32.2 Å². The van der Waals surface area contributed by atoms with Crippen molar-refractivity contribution in [3.63, 3.8) is 0 Å². The molecule has 56 heavy (non-hydrogen) atoms. The Bertz CT molecular complexity index is 2410. The van der Waals surface area contributed by atoms with Crippen molar-refractivity contribution in [2.75, 3.05) is 18.1 Å². The van der Waals surface area contributed by atoms with Crippen LogP contribution in [0.1, 0.15) is 72.6 Å². The van der Waals surface area contributed by atoms with Crippen molar-refractivity contribution >= 4 is 34.0 Å². The van der Waals surface area contributed by atoms with Crippen molar-refractivity contribution < 1.29 is 45.5 Å². The van der Waals surface area contributed by atoms with Gasteiger partial charge in [0.2, 0.25) is 11.7 Å². The monoisotopic (exact) mass is 799 g/mol. The number of hydrogen-bond acceptors (Lipinski definition) is 8. The maximum absolute atomic E-state index is 15.4. The zero-order chi connectivity index (χ0) is 40.4. The predicted octanol–water partition coefficient (Wildman–Crippen LogP) is 6.19. The summed E-state index contributed by atoms with van der Waals surface area (Å²) in [6, 6.07) is 8.01. The lowest BCUT2D eigenvalue weighted by Gasteiger charge is -2.23. The summed E-state index contributed by atoms with van der Waals surface area (Å²) in [6.07, 6.45) is -1.99. The van der Waals surface area contributed by atoms with Crippen LogP contribution in [0.25, 0.3) is 22.0 Å². The van der Waals surface area contributed by atoms with Crippen LogP contribution in [0, 0.1) is 29.4 Å². The minimum Gasteiger partial charge on any atom is -0.593 e. The molecule has 2 aromatic carbocycles. The van der Waals surface area contributed by atoms with E-state index in [4.69, 9.17) is 9.72 Å². The average molecular weight is 800 g/mol. The highest BCUT2D eigenvalue weighted by Crippen LogP contribution is 2.68. The number of carbonyl (C=O) groups excluding carboxylic acids is 1. The van der Waals surface area contributed by atoms with Gasteiger partial charge in [-0.15, -0.1) is 5.10 Å². The van der Waals surface area contributed by atoms with Gasteiger partial charge in [-0.05, 0) is 80.5 Å². The molecule has 0 aliphatic heterocycles. The van der Waals surface area contributed by atoms with Crippen molar-refractivity contribution in [3.8, 4) is 28.7 Å². The normalized spacial score (nSPS) is 17.9. The second-order valence-electron chi connectivity index (χ2n) is 14.3. The minimum atomic E-state index is -3.48. The maximum Gasteiger partial charge on any atom is 0.293 e. The molecule has 294 valence electrons. The number of aryl methyl sites for hydroxylation is 1. The fourth-order valence-corrected chi connectivity index (χ4v) is 7.79. The van der Waals surface area contributed by atoms with Gasteiger partial charge in [-0.2, -0.15) is 18.6 Å². The summed E-state index contributed by atoms with van der Waals surface area (Å²) >= 11 is -1.54. The van der Waals surface area contributed by atoms with Crippen molar-refractivity contribution in [1.82, 2.24) is 29.9 Å². The number of nitrogens with zero attached hydrogens (tertiary/aromatic N) is 5. The fourth-order valence-electron chi connectivity index (χ4n) is 7.37. The van der Waals surface area contributed by atoms with E-state index in [-0.39, 0.29) is 41.2 Å². The quantitative estimate of drug-likeness (QED) is 0.0816. The van der Waals surface area contributed by atoms with E-state index in [2.05, 4.69) is 32.1 Å². The molecule has 3 aromatic heterocycles. The molecule has 0 saturated heterocycles. The van der Waals surface area contributed by atoms with E-state index in [0.717, 1.165) is 12.1 Å². The summed E-state index contributed by atoms with van der Waals surface area (Å²) in [5.74, 6) is -2.10. The number of rotatable bonds is 11. The van der Waals surface area contributed by atoms with Gasteiger partial charge in [0, 0.05) is 35.7 Å². The van der Waals surface area contributed by atoms with Crippen LogP contribution in [-0.2, 0) is 42.1 Å². The van der Waals surface area contributed by atoms with E-state index < -0.39 is 82.7 Å². The van der Waals surface area contributed by atoms with Crippen molar-refractivity contribution in [1.29, 1.82) is 0 Å². The van der Waals surface area contributed by atoms with E-state index in [1.54, 1.807) is 31.3 Å². The van der Waals surface area contributed by atoms with Gasteiger partial charge in [-0.3, -0.25) is 14.2 Å². The molecule has 18 heteroatoms. The van der Waals surface area contributed by atoms with Gasteiger partial charge in [0.05, 0.1) is 41.1 Å². The molecule has 1 unspecified atom stereocenters. The molecule has 2 aliphatic carbocycles. The number of anilines is 1. The first kappa shape index (κ1) is 39.0. The molecule has 11 nitrogen and oxygen atoms in total. The lowest BCUT2D eigenvalue weighted by Crippen LogP contribution is -2.35. The number of hydrogen-bond donors (Lipinski definition) is 3. The molecule has 5 aromatic rings. The van der Waals surface area contributed by atoms with Gasteiger partial charge >= 0.3 is 0 Å². The molecule has 2 aliphatic rings. The van der Waals surface area contributed by atoms with Gasteiger partial charge in [-0.25, -0.2) is 22.5 Å². The highest BCUT2D eigenvalue weighted by Gasteiger charge is 2.67. The van der Waals surface area contributed by atoms with Gasteiger partial charge in [-0.1, -0.05) is 5.92 Å². The largest absolute Gasteiger partial charge is 0.593 e. The van der Waals surface area contributed by atoms with Gasteiger partial charge < -0.3 is 19.7 Å². The van der Waals surface area contributed by atoms with E-state index in [9.17, 15) is 32.0 Å². The molecular formula is C38H35F6N7O4S. The molecule has 3 N–H and O–H groups in total. The Morgan fingerprint density at radius 3 is 2.46 bits per heavy atom. The number of halogens is 6. The summed E-state index contributed by atoms with van der Waals surface area (Å²) in [4.78, 5) is 18.7. The lowest BCUT2D eigenvalue weighted by atomic mass is 9.93. The number of carbonyl (C=O) groups is 1. The molecule has 4 atom stereocenters. The molecule has 1 fully saturated rings. The van der Waals surface area contributed by atoms with Crippen LogP contribution < -0.4 is 14.8 Å². The molecule has 0 radical (unpaired) electrons. The van der Waals surface area contributed by atoms with Crippen LogP contribution in [0.15, 0.2) is 42.5 Å². The van der Waals surface area contributed by atoms with Gasteiger partial charge in [0.15, 0.2) is 0 Å². The lowest BCUT2D eigenvalue weighted by molar-refractivity contribution is -0.123. The summed E-state index contributed by atoms with van der Waals surface area (Å²) in [7, 11) is 3.08. The van der Waals surface area contributed by atoms with E-state index in [0.29, 0.717) is 38.5 Å². The standard InChI is InChI=1S/C38H35F6N7O4S/c1-37(2,53)11-10-21-6-7-22(23-8-9-27(55-4)30-33(23)50(3)48-36(30)49-56(5)54)31(45-21)26(14-18-12-19(39)15-20(40)13-18)46-28(52)17-51-34-29(32(47-51)35(41)42)24-16-25(24)38(34,43)44/h6-9,12-13,15,24-26,35,53H,14,16-17H2,1-5H3,(H,46,52)(H,48,49)/t24-,25+,26-,56?/m0/s1. The number of fused-ring (bicyclic) bond motifs is 4. The van der Waals surface area contributed by atoms with Crippen molar-refractivity contribution in [3.05, 3.63) is 88.0 Å². The molecule has 0 spiro atoms. The third kappa shape index (κ3) is 7.38. The van der Waals surface area contributed by atoms with Crippen LogP contribution in [0.2, 0.25) is 0 Å².